The van der Waals surface area contributed by atoms with Crippen molar-refractivity contribution in [2.24, 2.45) is 11.8 Å². The maximum atomic E-state index is 10.3. The normalized spacial score (nSPS) is 26.2. The predicted molar refractivity (Wildman–Crippen MR) is 182 cm³/mol. The van der Waals surface area contributed by atoms with E-state index in [1.165, 1.54) is 4.90 Å². The van der Waals surface area contributed by atoms with Crippen LogP contribution in [0.3, 0.4) is 0 Å². The molecular formula is C33H41N11O3S. The summed E-state index contributed by atoms with van der Waals surface area (Å²) in [6.07, 6.45) is 13.3. The Labute approximate surface area is 281 Å². The summed E-state index contributed by atoms with van der Waals surface area (Å²) in [4.78, 5) is 27.1. The van der Waals surface area contributed by atoms with Gasteiger partial charge in [-0.15, -0.1) is 20.4 Å². The van der Waals surface area contributed by atoms with Crippen molar-refractivity contribution in [1.82, 2.24) is 54.0 Å². The summed E-state index contributed by atoms with van der Waals surface area (Å²) in [6, 6.07) is 4.11. The van der Waals surface area contributed by atoms with Crippen LogP contribution in [-0.2, 0) is 4.74 Å². The van der Waals surface area contributed by atoms with Crippen LogP contribution in [0.2, 0.25) is 0 Å². The van der Waals surface area contributed by atoms with Gasteiger partial charge < -0.3 is 24.7 Å². The third kappa shape index (κ3) is 5.55. The fourth-order valence-corrected chi connectivity index (χ4v) is 9.11. The Hall–Kier alpha value is -4.24. The largest absolute Gasteiger partial charge is 0.465 e. The molecule has 3 aliphatic rings. The Bertz CT molecular complexity index is 1920. The van der Waals surface area contributed by atoms with Gasteiger partial charge in [0, 0.05) is 48.8 Å². The third-order valence-corrected chi connectivity index (χ3v) is 11.6. The number of rotatable bonds is 6. The summed E-state index contributed by atoms with van der Waals surface area (Å²) in [5.41, 5.74) is 5.38. The highest BCUT2D eigenvalue weighted by Crippen LogP contribution is 2.47. The minimum atomic E-state index is -0.782. The molecular weight excluding hydrogens is 631 g/mol. The van der Waals surface area contributed by atoms with E-state index in [-0.39, 0.29) is 12.2 Å². The number of carboxylic acid groups (broad SMARTS) is 1. The summed E-state index contributed by atoms with van der Waals surface area (Å²) in [6.45, 7) is 5.95. The maximum absolute atomic E-state index is 10.3. The Balaban J connectivity index is 0.000000326. The molecule has 0 radical (unpaired) electrons. The highest BCUT2D eigenvalue weighted by Gasteiger charge is 2.42. The van der Waals surface area contributed by atoms with E-state index in [1.54, 1.807) is 12.4 Å². The Morgan fingerprint density at radius 1 is 0.812 bits per heavy atom. The monoisotopic (exact) mass is 671 g/mol. The molecule has 3 N–H and O–H groups in total. The van der Waals surface area contributed by atoms with E-state index in [4.69, 9.17) is 9.84 Å². The first-order chi connectivity index (χ1) is 23.5. The average molecular weight is 672 g/mol. The zero-order valence-corrected chi connectivity index (χ0v) is 28.0. The molecule has 9 rings (SSSR count). The highest BCUT2D eigenvalue weighted by atomic mass is 32.2. The quantitative estimate of drug-likeness (QED) is 0.206. The molecule has 1 aliphatic heterocycles. The summed E-state index contributed by atoms with van der Waals surface area (Å²) in [5, 5.41) is 26.7. The Kier molecular flexibility index (Phi) is 8.41. The van der Waals surface area contributed by atoms with Crippen LogP contribution in [0.25, 0.3) is 33.6 Å². The summed E-state index contributed by atoms with van der Waals surface area (Å²) in [5.74, 6) is 5.61. The lowest BCUT2D eigenvalue weighted by atomic mass is 9.93. The van der Waals surface area contributed by atoms with Gasteiger partial charge in [-0.3, -0.25) is 8.80 Å². The summed E-state index contributed by atoms with van der Waals surface area (Å²) in [7, 11) is 0. The molecule has 2 aliphatic carbocycles. The molecule has 0 unspecified atom stereocenters. The fourth-order valence-electron chi connectivity index (χ4n) is 8.21. The molecule has 2 saturated carbocycles. The lowest BCUT2D eigenvalue weighted by Crippen LogP contribution is -2.36. The average Bonchev–Trinajstić information content (AvgIpc) is 3.95. The van der Waals surface area contributed by atoms with Crippen molar-refractivity contribution in [3.8, 4) is 0 Å². The number of ether oxygens (including phenoxy) is 1. The molecule has 252 valence electrons. The number of aromatic amines is 2. The number of amides is 1. The zero-order valence-electron chi connectivity index (χ0n) is 27.2. The van der Waals surface area contributed by atoms with Gasteiger partial charge in [-0.05, 0) is 49.7 Å². The van der Waals surface area contributed by atoms with Crippen molar-refractivity contribution in [1.29, 1.82) is 0 Å². The molecule has 0 bridgehead atoms. The van der Waals surface area contributed by atoms with Gasteiger partial charge in [0.1, 0.15) is 11.6 Å². The summed E-state index contributed by atoms with van der Waals surface area (Å²) >= 11 is 1.81. The number of nitrogens with one attached hydrogen (secondary N) is 2. The number of carbonyl (C=O) groups is 1. The van der Waals surface area contributed by atoms with Crippen LogP contribution in [0.4, 0.5) is 4.79 Å². The minimum Gasteiger partial charge on any atom is -0.465 e. The lowest BCUT2D eigenvalue weighted by Gasteiger charge is -2.22. The van der Waals surface area contributed by atoms with Crippen LogP contribution < -0.4 is 0 Å². The number of thioether (sulfide) groups is 1. The molecule has 6 aromatic rings. The molecule has 7 heterocycles. The van der Waals surface area contributed by atoms with E-state index >= 15 is 0 Å². The second-order valence-corrected chi connectivity index (χ2v) is 14.4. The van der Waals surface area contributed by atoms with Crippen LogP contribution in [0.1, 0.15) is 75.9 Å². The number of fused-ring (bicyclic) bond motifs is 6. The van der Waals surface area contributed by atoms with E-state index in [2.05, 4.69) is 75.1 Å². The second kappa shape index (κ2) is 13.0. The van der Waals surface area contributed by atoms with Crippen LogP contribution in [0, 0.1) is 11.8 Å². The highest BCUT2D eigenvalue weighted by molar-refractivity contribution is 7.99. The van der Waals surface area contributed by atoms with Crippen molar-refractivity contribution in [3.05, 3.63) is 48.6 Å². The predicted octanol–water partition coefficient (Wildman–Crippen LogP) is 5.50. The smallest absolute Gasteiger partial charge is 0.407 e. The van der Waals surface area contributed by atoms with Crippen LogP contribution in [0.15, 0.2) is 36.9 Å². The molecule has 3 fully saturated rings. The molecule has 1 amide bonds. The van der Waals surface area contributed by atoms with Gasteiger partial charge in [-0.2, -0.15) is 11.8 Å². The van der Waals surface area contributed by atoms with Gasteiger partial charge in [0.05, 0.1) is 35.6 Å². The molecule has 6 atom stereocenters. The van der Waals surface area contributed by atoms with Gasteiger partial charge in [-0.1, -0.05) is 26.7 Å². The van der Waals surface area contributed by atoms with Crippen LogP contribution in [-0.4, -0.2) is 102 Å². The van der Waals surface area contributed by atoms with Crippen LogP contribution in [0.5, 0.6) is 0 Å². The topological polar surface area (TPSA) is 168 Å². The maximum Gasteiger partial charge on any atom is 0.407 e. The molecule has 6 aromatic heterocycles. The van der Waals surface area contributed by atoms with Crippen molar-refractivity contribution >= 4 is 51.5 Å². The van der Waals surface area contributed by atoms with E-state index in [1.807, 2.05) is 24.2 Å². The van der Waals surface area contributed by atoms with Gasteiger partial charge >= 0.3 is 6.09 Å². The van der Waals surface area contributed by atoms with Crippen LogP contribution >= 0.6 is 11.8 Å². The van der Waals surface area contributed by atoms with E-state index in [0.717, 1.165) is 95.3 Å². The van der Waals surface area contributed by atoms with Gasteiger partial charge in [0.25, 0.3) is 0 Å². The molecule has 1 saturated heterocycles. The first-order valence-corrected chi connectivity index (χ1v) is 18.2. The zero-order chi connectivity index (χ0) is 32.8. The molecule has 0 spiro atoms. The number of hydrogen-bond acceptors (Lipinski definition) is 9. The number of aromatic nitrogens is 10. The fraction of sp³-hybridized carbons (Fsp3) is 0.545. The SMILES string of the molecule is CC[C@@H]1C[C@H](O[C@H]2C[C@@H](CC)[C@@H](c3nnc4cnc5[nH]ccc5n34)C2)C[C@@H]1c1nnc2cnc3[nH]ccc3n12.O=C(O)N1CCSCC1. The van der Waals surface area contributed by atoms with Gasteiger partial charge in [-0.25, -0.2) is 14.8 Å². The van der Waals surface area contributed by atoms with Gasteiger partial charge in [0.2, 0.25) is 0 Å². The molecule has 48 heavy (non-hydrogen) atoms. The first kappa shape index (κ1) is 31.1. The second-order valence-electron chi connectivity index (χ2n) is 13.2. The summed E-state index contributed by atoms with van der Waals surface area (Å²) < 4.78 is 11.3. The van der Waals surface area contributed by atoms with E-state index < -0.39 is 6.09 Å². The van der Waals surface area contributed by atoms with Crippen molar-refractivity contribution in [3.63, 3.8) is 0 Å². The number of H-pyrrole nitrogens is 2. The third-order valence-electron chi connectivity index (χ3n) is 10.6. The minimum absolute atomic E-state index is 0.216. The van der Waals surface area contributed by atoms with Crippen molar-refractivity contribution < 1.29 is 14.6 Å². The Morgan fingerprint density at radius 2 is 1.31 bits per heavy atom. The number of hydrogen-bond donors (Lipinski definition) is 3. The van der Waals surface area contributed by atoms with Gasteiger partial charge in [0.15, 0.2) is 22.6 Å². The number of nitrogens with zero attached hydrogens (tertiary/aromatic N) is 9. The molecule has 15 heteroatoms. The van der Waals surface area contributed by atoms with Crippen molar-refractivity contribution in [2.45, 2.75) is 76.4 Å². The standard InChI is InChI=1S/C28H32N10O.C5H9NO2S/c1-3-15-9-17(11-19(15)27-35-33-23-13-31-25-21(37(23)27)5-7-29-25)39-18-10-16(4-2)20(12-18)28-36-34-24-14-32-26-22(38(24)28)6-8-30-26;7-5(8)6-1-3-9-4-2-6/h5-8,13-20,29-30H,3-4,9-12H2,1-2H3;1-4H2,(H,7,8)/t15-,16-,17+,18+,19+,20+;/m1./s1. The molecule has 0 aromatic carbocycles. The van der Waals surface area contributed by atoms with Crippen molar-refractivity contribution in [2.75, 3.05) is 24.6 Å². The lowest BCUT2D eigenvalue weighted by molar-refractivity contribution is -0.00877. The van der Waals surface area contributed by atoms with E-state index in [0.29, 0.717) is 36.8 Å². The Morgan fingerprint density at radius 3 is 1.75 bits per heavy atom. The molecule has 14 nitrogen and oxygen atoms in total. The van der Waals surface area contributed by atoms with E-state index in [9.17, 15) is 4.79 Å². The first-order valence-electron chi connectivity index (χ1n) is 17.1.